The van der Waals surface area contributed by atoms with Crippen LogP contribution in [0.5, 0.6) is 5.75 Å². The van der Waals surface area contributed by atoms with E-state index in [9.17, 15) is 8.42 Å². The lowest BCUT2D eigenvalue weighted by molar-refractivity contribution is 0.415. The van der Waals surface area contributed by atoms with Gasteiger partial charge in [0.15, 0.2) is 0 Å². The highest BCUT2D eigenvalue weighted by Crippen LogP contribution is 2.33. The lowest BCUT2D eigenvalue weighted by Gasteiger charge is -2.10. The van der Waals surface area contributed by atoms with Crippen LogP contribution in [0.15, 0.2) is 101 Å². The molecule has 0 aliphatic heterocycles. The summed E-state index contributed by atoms with van der Waals surface area (Å²) in [5, 5.41) is 5.06. The van der Waals surface area contributed by atoms with E-state index in [2.05, 4.69) is 20.0 Å². The van der Waals surface area contributed by atoms with E-state index >= 15 is 0 Å². The molecule has 0 unspecified atom stereocenters. The van der Waals surface area contributed by atoms with Gasteiger partial charge in [-0.2, -0.15) is 4.98 Å². The van der Waals surface area contributed by atoms with Gasteiger partial charge in [-0.1, -0.05) is 42.5 Å². The Morgan fingerprint density at radius 3 is 2.70 bits per heavy atom. The predicted octanol–water partition coefficient (Wildman–Crippen LogP) is 4.99. The fourth-order valence-electron chi connectivity index (χ4n) is 4.49. The molecule has 2 N–H and O–H groups in total. The number of oxazole rings is 1. The van der Waals surface area contributed by atoms with E-state index in [1.165, 1.54) is 0 Å². The van der Waals surface area contributed by atoms with Crippen molar-refractivity contribution in [1.82, 2.24) is 24.1 Å². The van der Waals surface area contributed by atoms with E-state index < -0.39 is 10.0 Å². The third-order valence-corrected chi connectivity index (χ3v) is 7.92. The first kappa shape index (κ1) is 25.5. The highest BCUT2D eigenvalue weighted by molar-refractivity contribution is 7.89. The fraction of sp³-hybridized carbons (Fsp3) is 0.138. The number of hydrogen-bond acceptors (Lipinski definition) is 8. The van der Waals surface area contributed by atoms with Gasteiger partial charge in [0.25, 0.3) is 0 Å². The van der Waals surface area contributed by atoms with Crippen LogP contribution in [0.3, 0.4) is 0 Å². The monoisotopic (exact) mass is 554 g/mol. The van der Waals surface area contributed by atoms with Crippen molar-refractivity contribution in [1.29, 1.82) is 0 Å². The molecule has 0 atom stereocenters. The Balaban J connectivity index is 1.14. The van der Waals surface area contributed by atoms with Crippen molar-refractivity contribution < 1.29 is 17.6 Å². The van der Waals surface area contributed by atoms with Gasteiger partial charge in [-0.25, -0.2) is 23.1 Å². The van der Waals surface area contributed by atoms with Crippen molar-refractivity contribution in [2.24, 2.45) is 0 Å². The van der Waals surface area contributed by atoms with Gasteiger partial charge in [-0.3, -0.25) is 4.40 Å². The molecular weight excluding hydrogens is 528 g/mol. The summed E-state index contributed by atoms with van der Waals surface area (Å²) in [5.41, 5.74) is 2.97. The number of ether oxygens (including phenoxy) is 1. The zero-order valence-electron chi connectivity index (χ0n) is 21.6. The Kier molecular flexibility index (Phi) is 6.89. The number of sulfonamides is 1. The van der Waals surface area contributed by atoms with Crippen molar-refractivity contribution in [3.8, 4) is 28.4 Å². The molecule has 0 aliphatic carbocycles. The van der Waals surface area contributed by atoms with Gasteiger partial charge >= 0.3 is 5.84 Å². The lowest BCUT2D eigenvalue weighted by atomic mass is 10.1. The molecule has 3 aromatic heterocycles. The number of hydrogen-bond donors (Lipinski definition) is 2. The molecule has 6 rings (SSSR count). The molecule has 3 heterocycles. The Labute approximate surface area is 230 Å². The number of nitrogens with one attached hydrogen (secondary N) is 2. The van der Waals surface area contributed by atoms with Crippen LogP contribution in [0.25, 0.3) is 39.3 Å². The van der Waals surface area contributed by atoms with Crippen LogP contribution < -0.4 is 14.8 Å². The minimum atomic E-state index is -3.62. The highest BCUT2D eigenvalue weighted by Gasteiger charge is 2.20. The van der Waals surface area contributed by atoms with Crippen molar-refractivity contribution in [3.63, 3.8) is 0 Å². The van der Waals surface area contributed by atoms with Crippen LogP contribution in [-0.2, 0) is 10.0 Å². The van der Waals surface area contributed by atoms with Gasteiger partial charge in [-0.15, -0.1) is 0 Å². The molecule has 6 aromatic rings. The molecule has 0 saturated heterocycles. The summed E-state index contributed by atoms with van der Waals surface area (Å²) in [4.78, 5) is 14.0. The first-order valence-electron chi connectivity index (χ1n) is 12.7. The zero-order chi connectivity index (χ0) is 27.5. The number of aromatic nitrogens is 4. The molecule has 10 nitrogen and oxygen atoms in total. The van der Waals surface area contributed by atoms with E-state index in [0.29, 0.717) is 41.9 Å². The molecule has 202 valence electrons. The SMILES string of the molecule is COc1cccc(-c2nc3occn3c2-c2ccnc(NCCCNS(=O)(=O)c3ccc4ccccc4c3)n2)c1. The van der Waals surface area contributed by atoms with Gasteiger partial charge < -0.3 is 14.5 Å². The van der Waals surface area contributed by atoms with Crippen molar-refractivity contribution >= 4 is 32.6 Å². The van der Waals surface area contributed by atoms with Crippen LogP contribution in [0.4, 0.5) is 5.95 Å². The average molecular weight is 555 g/mol. The Morgan fingerprint density at radius 2 is 1.82 bits per heavy atom. The molecule has 11 heteroatoms. The summed E-state index contributed by atoms with van der Waals surface area (Å²) in [5.74, 6) is 1.58. The third-order valence-electron chi connectivity index (χ3n) is 6.46. The summed E-state index contributed by atoms with van der Waals surface area (Å²) in [7, 11) is -2.00. The molecule has 0 aliphatic rings. The second-order valence-corrected chi connectivity index (χ2v) is 10.8. The quantitative estimate of drug-likeness (QED) is 0.227. The van der Waals surface area contributed by atoms with Crippen LogP contribution in [0, 0.1) is 0 Å². The lowest BCUT2D eigenvalue weighted by Crippen LogP contribution is -2.26. The fourth-order valence-corrected chi connectivity index (χ4v) is 5.60. The van der Waals surface area contributed by atoms with Crippen molar-refractivity contribution in [3.05, 3.63) is 91.5 Å². The van der Waals surface area contributed by atoms with Gasteiger partial charge in [0.2, 0.25) is 16.0 Å². The standard InChI is InChI=1S/C29H26N6O4S/c1-38-23-9-4-8-22(18-23)26-27(35-16-17-39-29(35)34-26)25-12-15-31-28(33-25)30-13-5-14-32-40(36,37)24-11-10-20-6-2-3-7-21(20)19-24/h2-4,6-12,15-19,32H,5,13-14H2,1H3,(H,30,31,33). The molecule has 3 aromatic carbocycles. The second-order valence-electron chi connectivity index (χ2n) is 9.05. The molecule has 0 saturated carbocycles. The second kappa shape index (κ2) is 10.8. The Bertz CT molecular complexity index is 1910. The summed E-state index contributed by atoms with van der Waals surface area (Å²) < 4.78 is 41.0. The largest absolute Gasteiger partial charge is 0.497 e. The van der Waals surface area contributed by atoms with Gasteiger partial charge in [0.1, 0.15) is 23.4 Å². The first-order chi connectivity index (χ1) is 19.5. The number of nitrogens with zero attached hydrogens (tertiary/aromatic N) is 4. The highest BCUT2D eigenvalue weighted by atomic mass is 32.2. The topological polar surface area (TPSA) is 124 Å². The van der Waals surface area contributed by atoms with Gasteiger partial charge in [-0.05, 0) is 47.5 Å². The number of rotatable bonds is 10. The first-order valence-corrected chi connectivity index (χ1v) is 14.2. The van der Waals surface area contributed by atoms with E-state index in [0.717, 1.165) is 22.0 Å². The molecule has 0 fully saturated rings. The van der Waals surface area contributed by atoms with Crippen molar-refractivity contribution in [2.75, 3.05) is 25.5 Å². The van der Waals surface area contributed by atoms with Crippen LogP contribution in [0.2, 0.25) is 0 Å². The van der Waals surface area contributed by atoms with E-state index in [1.807, 2.05) is 65.1 Å². The summed E-state index contributed by atoms with van der Waals surface area (Å²) in [6.07, 6.45) is 5.56. The maximum Gasteiger partial charge on any atom is 0.306 e. The summed E-state index contributed by atoms with van der Waals surface area (Å²) >= 11 is 0. The van der Waals surface area contributed by atoms with Gasteiger partial charge in [0.05, 0.1) is 17.7 Å². The summed E-state index contributed by atoms with van der Waals surface area (Å²) in [6.45, 7) is 0.736. The predicted molar refractivity (Wildman–Crippen MR) is 153 cm³/mol. The van der Waals surface area contributed by atoms with Crippen LogP contribution in [0.1, 0.15) is 6.42 Å². The maximum atomic E-state index is 12.8. The number of imidazole rings is 1. The maximum absolute atomic E-state index is 12.8. The summed E-state index contributed by atoms with van der Waals surface area (Å²) in [6, 6.07) is 22.2. The smallest absolute Gasteiger partial charge is 0.306 e. The normalized spacial score (nSPS) is 11.7. The number of benzene rings is 3. The molecule has 0 radical (unpaired) electrons. The van der Waals surface area contributed by atoms with E-state index in [1.54, 1.807) is 37.9 Å². The third kappa shape index (κ3) is 5.12. The van der Waals surface area contributed by atoms with Crippen molar-refractivity contribution in [2.45, 2.75) is 11.3 Å². The molecule has 0 bridgehead atoms. The molecular formula is C29H26N6O4S. The molecule has 0 amide bonds. The minimum absolute atomic E-state index is 0.244. The van der Waals surface area contributed by atoms with E-state index in [-0.39, 0.29) is 11.4 Å². The van der Waals surface area contributed by atoms with Crippen LogP contribution >= 0.6 is 0 Å². The average Bonchev–Trinajstić information content (AvgIpc) is 3.59. The van der Waals surface area contributed by atoms with Crippen LogP contribution in [-0.4, -0.2) is 48.0 Å². The number of anilines is 1. The number of methoxy groups -OCH3 is 1. The minimum Gasteiger partial charge on any atom is -0.497 e. The zero-order valence-corrected chi connectivity index (χ0v) is 22.4. The Morgan fingerprint density at radius 1 is 0.950 bits per heavy atom. The molecule has 40 heavy (non-hydrogen) atoms. The number of fused-ring (bicyclic) bond motifs is 2. The van der Waals surface area contributed by atoms with E-state index in [4.69, 9.17) is 14.1 Å². The molecule has 0 spiro atoms. The Hall–Kier alpha value is -4.74. The van der Waals surface area contributed by atoms with Gasteiger partial charge in [0, 0.05) is 31.0 Å².